The highest BCUT2D eigenvalue weighted by molar-refractivity contribution is 5.93. The molecule has 2 N–H and O–H groups in total. The Labute approximate surface area is 195 Å². The van der Waals surface area contributed by atoms with Crippen molar-refractivity contribution in [2.45, 2.75) is 12.5 Å². The molecular formula is C25H20N6O3. The first-order chi connectivity index (χ1) is 16.6. The number of amides is 1. The minimum atomic E-state index is -0.587. The molecule has 0 saturated heterocycles. The number of carbonyl (C=O) groups is 1. The fraction of sp³-hybridized carbons (Fsp3) is 0.120. The van der Waals surface area contributed by atoms with Gasteiger partial charge in [-0.05, 0) is 53.9 Å². The number of nitrogens with zero attached hydrogens (tertiary/aromatic N) is 4. The number of rotatable bonds is 7. The van der Waals surface area contributed by atoms with Crippen molar-refractivity contribution >= 4 is 5.91 Å². The van der Waals surface area contributed by atoms with E-state index in [4.69, 9.17) is 10.00 Å². The maximum Gasteiger partial charge on any atom is 0.264 e. The molecule has 2 aromatic carbocycles. The minimum absolute atomic E-state index is 0.124. The third-order valence-electron chi connectivity index (χ3n) is 5.21. The van der Waals surface area contributed by atoms with Gasteiger partial charge in [-0.1, -0.05) is 24.3 Å². The number of aromatic nitrogens is 4. The van der Waals surface area contributed by atoms with Gasteiger partial charge in [-0.3, -0.25) is 9.59 Å². The van der Waals surface area contributed by atoms with Crippen molar-refractivity contribution in [2.75, 3.05) is 7.11 Å². The molecule has 0 saturated carbocycles. The van der Waals surface area contributed by atoms with E-state index in [9.17, 15) is 9.59 Å². The van der Waals surface area contributed by atoms with Crippen LogP contribution >= 0.6 is 0 Å². The van der Waals surface area contributed by atoms with Crippen molar-refractivity contribution in [3.05, 3.63) is 106 Å². The lowest BCUT2D eigenvalue weighted by Gasteiger charge is -2.20. The van der Waals surface area contributed by atoms with Crippen LogP contribution in [0.25, 0.3) is 11.5 Å². The van der Waals surface area contributed by atoms with Crippen LogP contribution in [-0.2, 0) is 6.42 Å². The number of nitrogens with one attached hydrogen (secondary N) is 2. The van der Waals surface area contributed by atoms with Crippen molar-refractivity contribution in [3.63, 3.8) is 0 Å². The van der Waals surface area contributed by atoms with Gasteiger partial charge in [0.2, 0.25) is 0 Å². The fourth-order valence-corrected chi connectivity index (χ4v) is 3.39. The zero-order valence-electron chi connectivity index (χ0n) is 18.2. The van der Waals surface area contributed by atoms with Crippen LogP contribution in [0.4, 0.5) is 0 Å². The molecule has 2 aromatic heterocycles. The molecule has 0 fully saturated rings. The number of ether oxygens (including phenoxy) is 1. The summed E-state index contributed by atoms with van der Waals surface area (Å²) in [6, 6.07) is 19.4. The topological polar surface area (TPSA) is 134 Å². The molecule has 1 atom stereocenters. The highest BCUT2D eigenvalue weighted by atomic mass is 16.5. The maximum absolute atomic E-state index is 13.0. The average Bonchev–Trinajstić information content (AvgIpc) is 2.89. The fourth-order valence-electron chi connectivity index (χ4n) is 3.39. The van der Waals surface area contributed by atoms with Gasteiger partial charge < -0.3 is 15.0 Å². The number of carbonyl (C=O) groups excluding carboxylic acids is 1. The molecule has 168 valence electrons. The Hall–Kier alpha value is -4.84. The van der Waals surface area contributed by atoms with E-state index in [1.807, 2.05) is 24.3 Å². The van der Waals surface area contributed by atoms with Gasteiger partial charge in [-0.25, -0.2) is 4.98 Å². The molecule has 4 rings (SSSR count). The molecule has 0 bridgehead atoms. The Kier molecular flexibility index (Phi) is 6.70. The summed E-state index contributed by atoms with van der Waals surface area (Å²) in [5, 5.41) is 19.7. The Morgan fingerprint density at radius 1 is 1.15 bits per heavy atom. The third-order valence-corrected chi connectivity index (χ3v) is 5.21. The predicted octanol–water partition coefficient (Wildman–Crippen LogP) is 2.82. The monoisotopic (exact) mass is 452 g/mol. The Balaban J connectivity index is 1.60. The van der Waals surface area contributed by atoms with Gasteiger partial charge in [0, 0.05) is 12.4 Å². The van der Waals surface area contributed by atoms with E-state index in [1.165, 1.54) is 12.4 Å². The van der Waals surface area contributed by atoms with Gasteiger partial charge in [-0.2, -0.15) is 10.4 Å². The summed E-state index contributed by atoms with van der Waals surface area (Å²) in [5.41, 5.74) is 1.95. The molecule has 0 spiro atoms. The SMILES string of the molecule is COc1ccc(CC(NC(=O)c2cnc(-c3cccnn3)[nH]c2=O)c2ccc(C#N)cc2)cc1. The molecule has 4 aromatic rings. The number of nitriles is 1. The Morgan fingerprint density at radius 2 is 1.91 bits per heavy atom. The summed E-state index contributed by atoms with van der Waals surface area (Å²) in [4.78, 5) is 32.4. The second-order valence-electron chi connectivity index (χ2n) is 7.40. The summed E-state index contributed by atoms with van der Waals surface area (Å²) in [6.07, 6.45) is 3.20. The zero-order chi connectivity index (χ0) is 23.9. The van der Waals surface area contributed by atoms with Crippen LogP contribution in [0.15, 0.2) is 77.9 Å². The largest absolute Gasteiger partial charge is 0.497 e. The summed E-state index contributed by atoms with van der Waals surface area (Å²) in [7, 11) is 1.59. The summed E-state index contributed by atoms with van der Waals surface area (Å²) in [6.45, 7) is 0. The van der Waals surface area contributed by atoms with Gasteiger partial charge >= 0.3 is 0 Å². The van der Waals surface area contributed by atoms with Gasteiger partial charge in [0.15, 0.2) is 5.82 Å². The third kappa shape index (κ3) is 5.14. The molecular weight excluding hydrogens is 432 g/mol. The molecule has 0 radical (unpaired) electrons. The average molecular weight is 452 g/mol. The Morgan fingerprint density at radius 3 is 2.53 bits per heavy atom. The molecule has 0 aliphatic heterocycles. The van der Waals surface area contributed by atoms with Gasteiger partial charge in [0.1, 0.15) is 17.0 Å². The van der Waals surface area contributed by atoms with E-state index >= 15 is 0 Å². The van der Waals surface area contributed by atoms with Crippen molar-refractivity contribution in [1.29, 1.82) is 5.26 Å². The quantitative estimate of drug-likeness (QED) is 0.440. The molecule has 34 heavy (non-hydrogen) atoms. The van der Waals surface area contributed by atoms with Crippen molar-refractivity contribution in [1.82, 2.24) is 25.5 Å². The summed E-state index contributed by atoms with van der Waals surface area (Å²) < 4.78 is 5.21. The van der Waals surface area contributed by atoms with E-state index in [2.05, 4.69) is 31.6 Å². The lowest BCUT2D eigenvalue weighted by molar-refractivity contribution is 0.0934. The van der Waals surface area contributed by atoms with Crippen LogP contribution in [0.3, 0.4) is 0 Å². The first-order valence-electron chi connectivity index (χ1n) is 10.4. The second kappa shape index (κ2) is 10.2. The standard InChI is InChI=1S/C25H20N6O3/c1-34-19-10-6-16(7-11-19)13-22(18-8-4-17(14-26)5-9-18)29-24(32)20-15-27-23(30-25(20)33)21-3-2-12-28-31-21/h2-12,15,22H,13H2,1H3,(H,29,32)(H,27,30,33). The highest BCUT2D eigenvalue weighted by Crippen LogP contribution is 2.21. The van der Waals surface area contributed by atoms with Crippen LogP contribution in [0.1, 0.15) is 33.1 Å². The molecule has 1 unspecified atom stereocenters. The highest BCUT2D eigenvalue weighted by Gasteiger charge is 2.20. The molecule has 0 aliphatic carbocycles. The molecule has 2 heterocycles. The van der Waals surface area contributed by atoms with Gasteiger partial charge in [-0.15, -0.1) is 5.10 Å². The van der Waals surface area contributed by atoms with Crippen molar-refractivity contribution < 1.29 is 9.53 Å². The number of methoxy groups -OCH3 is 1. The zero-order valence-corrected chi connectivity index (χ0v) is 18.2. The predicted molar refractivity (Wildman–Crippen MR) is 124 cm³/mol. The maximum atomic E-state index is 13.0. The molecule has 9 nitrogen and oxygen atoms in total. The van der Waals surface area contributed by atoms with Gasteiger partial charge in [0.05, 0.1) is 24.8 Å². The van der Waals surface area contributed by atoms with Gasteiger partial charge in [0.25, 0.3) is 11.5 Å². The van der Waals surface area contributed by atoms with Crippen LogP contribution in [0.5, 0.6) is 5.75 Å². The van der Waals surface area contributed by atoms with Crippen LogP contribution < -0.4 is 15.6 Å². The van der Waals surface area contributed by atoms with E-state index in [0.717, 1.165) is 16.9 Å². The number of benzene rings is 2. The first kappa shape index (κ1) is 22.4. The second-order valence-corrected chi connectivity index (χ2v) is 7.40. The van der Waals surface area contributed by atoms with Crippen molar-refractivity contribution in [3.8, 4) is 23.3 Å². The number of aromatic amines is 1. The lowest BCUT2D eigenvalue weighted by Crippen LogP contribution is -2.34. The van der Waals surface area contributed by atoms with E-state index in [0.29, 0.717) is 17.7 Å². The van der Waals surface area contributed by atoms with Crippen LogP contribution in [0, 0.1) is 11.3 Å². The smallest absolute Gasteiger partial charge is 0.264 e. The van der Waals surface area contributed by atoms with E-state index in [-0.39, 0.29) is 11.4 Å². The summed E-state index contributed by atoms with van der Waals surface area (Å²) in [5.74, 6) is 0.377. The molecule has 0 aliphatic rings. The lowest BCUT2D eigenvalue weighted by atomic mass is 9.97. The summed E-state index contributed by atoms with van der Waals surface area (Å²) >= 11 is 0. The molecule has 9 heteroatoms. The normalized spacial score (nSPS) is 11.3. The van der Waals surface area contributed by atoms with Crippen LogP contribution in [0.2, 0.25) is 0 Å². The number of H-pyrrole nitrogens is 1. The number of hydrogen-bond acceptors (Lipinski definition) is 7. The minimum Gasteiger partial charge on any atom is -0.497 e. The van der Waals surface area contributed by atoms with Crippen LogP contribution in [-0.4, -0.2) is 33.2 Å². The van der Waals surface area contributed by atoms with E-state index < -0.39 is 17.5 Å². The first-order valence-corrected chi connectivity index (χ1v) is 10.4. The number of hydrogen-bond donors (Lipinski definition) is 2. The van der Waals surface area contributed by atoms with E-state index in [1.54, 1.807) is 43.5 Å². The Bertz CT molecular complexity index is 1380. The molecule has 1 amide bonds. The van der Waals surface area contributed by atoms with Crippen molar-refractivity contribution in [2.24, 2.45) is 0 Å².